The molecule has 10 nitrogen and oxygen atoms in total. The van der Waals surface area contributed by atoms with Crippen LogP contribution in [0.25, 0.3) is 10.9 Å². The summed E-state index contributed by atoms with van der Waals surface area (Å²) in [5, 5.41) is 21.9. The van der Waals surface area contributed by atoms with E-state index >= 15 is 0 Å². The van der Waals surface area contributed by atoms with Crippen LogP contribution in [0.15, 0.2) is 35.6 Å². The average Bonchev–Trinajstić information content (AvgIpc) is 3.04. The third kappa shape index (κ3) is 3.15. The third-order valence-electron chi connectivity index (χ3n) is 3.31. The number of H-pyrrole nitrogens is 1. The Bertz CT molecular complexity index is 888. The molecule has 0 atom stereocenters. The molecule has 0 saturated heterocycles. The zero-order valence-electron chi connectivity index (χ0n) is 12.0. The van der Waals surface area contributed by atoms with Crippen molar-refractivity contribution in [1.29, 1.82) is 0 Å². The minimum Gasteiger partial charge on any atom is -0.379 e. The summed E-state index contributed by atoms with van der Waals surface area (Å²) in [4.78, 5) is 28.8. The van der Waals surface area contributed by atoms with Crippen LogP contribution in [0.1, 0.15) is 6.42 Å². The number of benzene rings is 1. The molecular formula is C13H13N7O3. The Morgan fingerprint density at radius 1 is 1.39 bits per heavy atom. The zero-order valence-corrected chi connectivity index (χ0v) is 12.0. The van der Waals surface area contributed by atoms with Crippen molar-refractivity contribution in [2.45, 2.75) is 13.0 Å². The van der Waals surface area contributed by atoms with Crippen LogP contribution in [0, 0.1) is 10.1 Å². The van der Waals surface area contributed by atoms with Crippen molar-refractivity contribution in [1.82, 2.24) is 25.0 Å². The molecule has 0 unspecified atom stereocenters. The smallest absolute Gasteiger partial charge is 0.293 e. The number of nitrogens with zero attached hydrogens (tertiary/aromatic N) is 5. The van der Waals surface area contributed by atoms with Gasteiger partial charge in [-0.05, 0) is 12.5 Å². The number of nitro benzene ring substituents is 1. The first-order valence-electron chi connectivity index (χ1n) is 6.89. The van der Waals surface area contributed by atoms with E-state index in [1.54, 1.807) is 17.1 Å². The first-order valence-corrected chi connectivity index (χ1v) is 6.89. The van der Waals surface area contributed by atoms with Gasteiger partial charge in [0.15, 0.2) is 0 Å². The van der Waals surface area contributed by atoms with Crippen molar-refractivity contribution in [3.05, 3.63) is 51.3 Å². The van der Waals surface area contributed by atoms with Crippen LogP contribution in [0.2, 0.25) is 0 Å². The maximum atomic E-state index is 11.7. The number of fused-ring (bicyclic) bond motifs is 1. The van der Waals surface area contributed by atoms with Gasteiger partial charge in [0.25, 0.3) is 11.2 Å². The fraction of sp³-hybridized carbons (Fsp3) is 0.231. The summed E-state index contributed by atoms with van der Waals surface area (Å²) in [5.74, 6) is 0. The van der Waals surface area contributed by atoms with Crippen molar-refractivity contribution in [3.63, 3.8) is 0 Å². The van der Waals surface area contributed by atoms with Crippen molar-refractivity contribution in [2.24, 2.45) is 0 Å². The molecule has 2 heterocycles. The minimum absolute atomic E-state index is 0.156. The highest BCUT2D eigenvalue weighted by Gasteiger charge is 2.16. The number of aromatic nitrogens is 5. The molecule has 0 amide bonds. The van der Waals surface area contributed by atoms with Gasteiger partial charge in [-0.15, -0.1) is 5.10 Å². The first kappa shape index (κ1) is 14.6. The van der Waals surface area contributed by atoms with Crippen LogP contribution in [-0.2, 0) is 6.54 Å². The lowest BCUT2D eigenvalue weighted by Gasteiger charge is -2.08. The van der Waals surface area contributed by atoms with Gasteiger partial charge in [0.05, 0.1) is 28.4 Å². The van der Waals surface area contributed by atoms with Gasteiger partial charge in [0, 0.05) is 25.4 Å². The van der Waals surface area contributed by atoms with Gasteiger partial charge in [-0.3, -0.25) is 19.6 Å². The lowest BCUT2D eigenvalue weighted by molar-refractivity contribution is -0.383. The topological polar surface area (TPSA) is 132 Å². The highest BCUT2D eigenvalue weighted by molar-refractivity contribution is 5.86. The highest BCUT2D eigenvalue weighted by atomic mass is 16.6. The van der Waals surface area contributed by atoms with Crippen LogP contribution < -0.4 is 10.9 Å². The highest BCUT2D eigenvalue weighted by Crippen LogP contribution is 2.27. The number of aryl methyl sites for hydroxylation is 1. The van der Waals surface area contributed by atoms with Crippen LogP contribution >= 0.6 is 0 Å². The number of rotatable bonds is 6. The first-order chi connectivity index (χ1) is 11.1. The molecule has 0 aliphatic rings. The molecule has 0 aliphatic heterocycles. The van der Waals surface area contributed by atoms with Crippen molar-refractivity contribution >= 4 is 22.3 Å². The number of hydrogen-bond acceptors (Lipinski definition) is 7. The molecule has 0 bridgehead atoms. The summed E-state index contributed by atoms with van der Waals surface area (Å²) in [6, 6.07) is 2.75. The molecule has 118 valence electrons. The maximum absolute atomic E-state index is 11.7. The van der Waals surface area contributed by atoms with Crippen molar-refractivity contribution in [2.75, 3.05) is 11.9 Å². The lowest BCUT2D eigenvalue weighted by Crippen LogP contribution is -2.11. The van der Waals surface area contributed by atoms with Gasteiger partial charge >= 0.3 is 0 Å². The van der Waals surface area contributed by atoms with E-state index in [9.17, 15) is 14.9 Å². The number of anilines is 1. The second kappa shape index (κ2) is 6.22. The maximum Gasteiger partial charge on any atom is 0.293 e. The Kier molecular flexibility index (Phi) is 3.95. The largest absolute Gasteiger partial charge is 0.379 e. The van der Waals surface area contributed by atoms with Gasteiger partial charge in [-0.2, -0.15) is 0 Å². The SMILES string of the molecule is O=c1[nH]cnc2cc(NCCCn3ccnn3)c([N+](=O)[O-])cc12. The van der Waals surface area contributed by atoms with E-state index in [0.717, 1.165) is 0 Å². The number of nitro groups is 1. The summed E-state index contributed by atoms with van der Waals surface area (Å²) in [6.07, 6.45) is 5.31. The van der Waals surface area contributed by atoms with E-state index in [1.165, 1.54) is 18.5 Å². The molecule has 23 heavy (non-hydrogen) atoms. The molecule has 1 aromatic carbocycles. The van der Waals surface area contributed by atoms with E-state index in [-0.39, 0.29) is 11.1 Å². The van der Waals surface area contributed by atoms with E-state index in [1.807, 2.05) is 0 Å². The predicted molar refractivity (Wildman–Crippen MR) is 82.1 cm³/mol. The second-order valence-electron chi connectivity index (χ2n) is 4.82. The van der Waals surface area contributed by atoms with Gasteiger partial charge < -0.3 is 10.3 Å². The molecule has 10 heteroatoms. The van der Waals surface area contributed by atoms with E-state index in [0.29, 0.717) is 30.7 Å². The van der Waals surface area contributed by atoms with Crippen LogP contribution in [0.5, 0.6) is 0 Å². The third-order valence-corrected chi connectivity index (χ3v) is 3.31. The molecule has 0 spiro atoms. The van der Waals surface area contributed by atoms with E-state index in [2.05, 4.69) is 25.6 Å². The molecule has 0 radical (unpaired) electrons. The quantitative estimate of drug-likeness (QED) is 0.393. The molecule has 2 aromatic heterocycles. The Morgan fingerprint density at radius 2 is 2.26 bits per heavy atom. The fourth-order valence-corrected chi connectivity index (χ4v) is 2.21. The van der Waals surface area contributed by atoms with Gasteiger partial charge in [-0.25, -0.2) is 4.98 Å². The molecule has 3 aromatic rings. The van der Waals surface area contributed by atoms with E-state index in [4.69, 9.17) is 0 Å². The lowest BCUT2D eigenvalue weighted by atomic mass is 10.2. The molecular weight excluding hydrogens is 302 g/mol. The summed E-state index contributed by atoms with van der Waals surface area (Å²) >= 11 is 0. The molecule has 0 saturated carbocycles. The van der Waals surface area contributed by atoms with Gasteiger partial charge in [0.1, 0.15) is 5.69 Å². The van der Waals surface area contributed by atoms with E-state index < -0.39 is 10.5 Å². The Hall–Kier alpha value is -3.30. The second-order valence-corrected chi connectivity index (χ2v) is 4.82. The Labute approximate surface area is 129 Å². The molecule has 3 rings (SSSR count). The Morgan fingerprint density at radius 3 is 3.00 bits per heavy atom. The van der Waals surface area contributed by atoms with Crippen LogP contribution in [0.3, 0.4) is 0 Å². The minimum atomic E-state index is -0.522. The van der Waals surface area contributed by atoms with Crippen molar-refractivity contribution in [3.8, 4) is 0 Å². The van der Waals surface area contributed by atoms with Crippen LogP contribution in [-0.4, -0.2) is 36.4 Å². The molecule has 2 N–H and O–H groups in total. The average molecular weight is 315 g/mol. The monoisotopic (exact) mass is 315 g/mol. The number of hydrogen-bond donors (Lipinski definition) is 2. The zero-order chi connectivity index (χ0) is 16.2. The van der Waals surface area contributed by atoms with Gasteiger partial charge in [-0.1, -0.05) is 5.21 Å². The number of nitrogens with one attached hydrogen (secondary N) is 2. The van der Waals surface area contributed by atoms with Crippen molar-refractivity contribution < 1.29 is 4.92 Å². The van der Waals surface area contributed by atoms with Gasteiger partial charge in [0.2, 0.25) is 0 Å². The molecule has 0 fully saturated rings. The number of aromatic amines is 1. The summed E-state index contributed by atoms with van der Waals surface area (Å²) in [6.45, 7) is 1.15. The standard InChI is InChI=1S/C13H13N7O3/c21-13-9-6-12(20(22)23)11(7-10(9)15-8-16-13)14-2-1-4-19-5-3-17-18-19/h3,5-8,14H,1-2,4H2,(H,15,16,21). The summed E-state index contributed by atoms with van der Waals surface area (Å²) in [5.41, 5.74) is 0.171. The summed E-state index contributed by atoms with van der Waals surface area (Å²) in [7, 11) is 0. The fourth-order valence-electron chi connectivity index (χ4n) is 2.21. The predicted octanol–water partition coefficient (Wildman–Crippen LogP) is 0.925. The summed E-state index contributed by atoms with van der Waals surface area (Å²) < 4.78 is 1.68. The normalized spacial score (nSPS) is 10.8. The van der Waals surface area contributed by atoms with Crippen LogP contribution in [0.4, 0.5) is 11.4 Å². The molecule has 0 aliphatic carbocycles. The Balaban J connectivity index is 1.79.